The van der Waals surface area contributed by atoms with Gasteiger partial charge < -0.3 is 5.32 Å². The number of nitrogens with one attached hydrogen (secondary N) is 1. The van der Waals surface area contributed by atoms with E-state index in [0.29, 0.717) is 0 Å². The summed E-state index contributed by atoms with van der Waals surface area (Å²) >= 11 is 1.56. The van der Waals surface area contributed by atoms with Crippen molar-refractivity contribution < 1.29 is 4.79 Å². The molecule has 0 saturated heterocycles. The number of aryl methyl sites for hydroxylation is 1. The van der Waals surface area contributed by atoms with Crippen molar-refractivity contribution >= 4 is 17.2 Å². The molecule has 6 nitrogen and oxygen atoms in total. The number of aromatic nitrogens is 2. The lowest BCUT2D eigenvalue weighted by molar-refractivity contribution is -0.122. The predicted octanol–water partition coefficient (Wildman–Crippen LogP) is 2.08. The average Bonchev–Trinajstić information content (AvgIpc) is 3.21. The van der Waals surface area contributed by atoms with Gasteiger partial charge in [-0.15, -0.1) is 11.3 Å². The van der Waals surface area contributed by atoms with Gasteiger partial charge in [-0.1, -0.05) is 37.3 Å². The molecule has 0 aliphatic rings. The van der Waals surface area contributed by atoms with Crippen molar-refractivity contribution in [2.45, 2.75) is 25.9 Å². The van der Waals surface area contributed by atoms with Crippen molar-refractivity contribution in [2.24, 2.45) is 7.05 Å². The second kappa shape index (κ2) is 8.18. The number of carbonyl (C=O) groups is 1. The van der Waals surface area contributed by atoms with Gasteiger partial charge in [0.15, 0.2) is 0 Å². The van der Waals surface area contributed by atoms with Crippen LogP contribution in [0.5, 0.6) is 0 Å². The summed E-state index contributed by atoms with van der Waals surface area (Å²) in [6, 6.07) is 13.0. The van der Waals surface area contributed by atoms with E-state index < -0.39 is 11.2 Å². The summed E-state index contributed by atoms with van der Waals surface area (Å²) in [6.07, 6.45) is 2.30. The summed E-state index contributed by atoms with van der Waals surface area (Å²) in [7, 11) is 1.39. The van der Waals surface area contributed by atoms with E-state index in [1.54, 1.807) is 11.3 Å². The highest BCUT2D eigenvalue weighted by Crippen LogP contribution is 2.26. The van der Waals surface area contributed by atoms with Gasteiger partial charge >= 0.3 is 5.69 Å². The minimum absolute atomic E-state index is 0.151. The predicted molar refractivity (Wildman–Crippen MR) is 106 cm³/mol. The van der Waals surface area contributed by atoms with Crippen molar-refractivity contribution in [3.8, 4) is 0 Å². The second-order valence-corrected chi connectivity index (χ2v) is 7.21. The largest absolute Gasteiger partial charge is 0.343 e. The van der Waals surface area contributed by atoms with Crippen LogP contribution in [0.25, 0.3) is 0 Å². The Labute approximate surface area is 160 Å². The van der Waals surface area contributed by atoms with Gasteiger partial charge in [0, 0.05) is 24.2 Å². The fraction of sp³-hybridized carbons (Fsp3) is 0.250. The molecule has 3 aromatic rings. The van der Waals surface area contributed by atoms with Crippen molar-refractivity contribution in [3.05, 3.63) is 90.9 Å². The highest BCUT2D eigenvalue weighted by Gasteiger charge is 2.18. The second-order valence-electron chi connectivity index (χ2n) is 6.23. The molecule has 0 aliphatic carbocycles. The maximum atomic E-state index is 12.6. The molecule has 140 valence electrons. The number of hydrogen-bond donors (Lipinski definition) is 1. The quantitative estimate of drug-likeness (QED) is 0.708. The van der Waals surface area contributed by atoms with Crippen molar-refractivity contribution in [1.82, 2.24) is 14.5 Å². The van der Waals surface area contributed by atoms with E-state index >= 15 is 0 Å². The lowest BCUT2D eigenvalue weighted by Crippen LogP contribution is -2.40. The van der Waals surface area contributed by atoms with E-state index in [-0.39, 0.29) is 18.5 Å². The minimum Gasteiger partial charge on any atom is -0.343 e. The van der Waals surface area contributed by atoms with Gasteiger partial charge in [-0.05, 0) is 29.0 Å². The Morgan fingerprint density at radius 3 is 2.52 bits per heavy atom. The Morgan fingerprint density at radius 2 is 1.89 bits per heavy atom. The number of carbonyl (C=O) groups excluding carboxylic acids is 1. The number of hydrogen-bond acceptors (Lipinski definition) is 4. The Bertz CT molecular complexity index is 1030. The summed E-state index contributed by atoms with van der Waals surface area (Å²) in [6.45, 7) is 1.94. The number of thiophene rings is 1. The van der Waals surface area contributed by atoms with Gasteiger partial charge in [-0.25, -0.2) is 4.79 Å². The SMILES string of the molecule is CCc1ccc(C(NC(=O)Cn2ccc(=O)n(C)c2=O)c2cccs2)cc1. The van der Waals surface area contributed by atoms with E-state index in [9.17, 15) is 14.4 Å². The Kier molecular flexibility index (Phi) is 5.71. The third-order valence-electron chi connectivity index (χ3n) is 4.43. The van der Waals surface area contributed by atoms with E-state index in [1.807, 2.05) is 29.6 Å². The van der Waals surface area contributed by atoms with Crippen LogP contribution in [-0.2, 0) is 24.8 Å². The van der Waals surface area contributed by atoms with Crippen molar-refractivity contribution in [1.29, 1.82) is 0 Å². The molecule has 1 atom stereocenters. The summed E-state index contributed by atoms with van der Waals surface area (Å²) in [5.74, 6) is -0.297. The van der Waals surface area contributed by atoms with Gasteiger partial charge in [0.05, 0.1) is 6.04 Å². The average molecular weight is 383 g/mol. The summed E-state index contributed by atoms with van der Waals surface area (Å²) in [4.78, 5) is 37.3. The molecule has 1 aromatic carbocycles. The van der Waals surface area contributed by atoms with Crippen LogP contribution in [0.1, 0.15) is 29.0 Å². The zero-order chi connectivity index (χ0) is 19.4. The normalized spacial score (nSPS) is 11.9. The fourth-order valence-electron chi connectivity index (χ4n) is 2.82. The maximum Gasteiger partial charge on any atom is 0.331 e. The molecule has 0 radical (unpaired) electrons. The Morgan fingerprint density at radius 1 is 1.15 bits per heavy atom. The number of rotatable bonds is 6. The van der Waals surface area contributed by atoms with Crippen LogP contribution in [0.2, 0.25) is 0 Å². The van der Waals surface area contributed by atoms with Crippen LogP contribution in [-0.4, -0.2) is 15.0 Å². The van der Waals surface area contributed by atoms with E-state index in [2.05, 4.69) is 24.4 Å². The van der Waals surface area contributed by atoms with Crippen LogP contribution in [0.15, 0.2) is 63.6 Å². The molecule has 0 aliphatic heterocycles. The third-order valence-corrected chi connectivity index (χ3v) is 5.37. The molecule has 2 heterocycles. The van der Waals surface area contributed by atoms with E-state index in [4.69, 9.17) is 0 Å². The van der Waals surface area contributed by atoms with Gasteiger partial charge in [-0.3, -0.25) is 18.7 Å². The summed E-state index contributed by atoms with van der Waals surface area (Å²) < 4.78 is 2.20. The maximum absolute atomic E-state index is 12.6. The first-order valence-electron chi connectivity index (χ1n) is 8.67. The molecular formula is C20H21N3O3S. The van der Waals surface area contributed by atoms with Gasteiger partial charge in [-0.2, -0.15) is 0 Å². The topological polar surface area (TPSA) is 73.1 Å². The lowest BCUT2D eigenvalue weighted by atomic mass is 10.0. The van der Waals surface area contributed by atoms with Crippen LogP contribution < -0.4 is 16.6 Å². The zero-order valence-corrected chi connectivity index (χ0v) is 16.0. The summed E-state index contributed by atoms with van der Waals surface area (Å²) in [5.41, 5.74) is 1.30. The minimum atomic E-state index is -0.516. The molecule has 0 bridgehead atoms. The zero-order valence-electron chi connectivity index (χ0n) is 15.2. The number of nitrogens with zero attached hydrogens (tertiary/aromatic N) is 2. The molecule has 1 amide bonds. The summed E-state index contributed by atoms with van der Waals surface area (Å²) in [5, 5.41) is 4.97. The molecule has 27 heavy (non-hydrogen) atoms. The fourth-order valence-corrected chi connectivity index (χ4v) is 3.62. The van der Waals surface area contributed by atoms with Crippen LogP contribution in [0.4, 0.5) is 0 Å². The molecule has 1 unspecified atom stereocenters. The van der Waals surface area contributed by atoms with Crippen LogP contribution in [0.3, 0.4) is 0 Å². The first-order valence-corrected chi connectivity index (χ1v) is 9.55. The standard InChI is InChI=1S/C20H21N3O3S/c1-3-14-6-8-15(9-7-14)19(16-5-4-12-27-16)21-17(24)13-23-11-10-18(25)22(2)20(23)26/h4-12,19H,3,13H2,1-2H3,(H,21,24). The van der Waals surface area contributed by atoms with Gasteiger partial charge in [0.2, 0.25) is 5.91 Å². The first-order chi connectivity index (χ1) is 13.0. The smallest absolute Gasteiger partial charge is 0.331 e. The third kappa shape index (κ3) is 4.25. The molecule has 0 spiro atoms. The first kappa shape index (κ1) is 18.8. The van der Waals surface area contributed by atoms with Gasteiger partial charge in [0.1, 0.15) is 6.54 Å². The molecule has 1 N–H and O–H groups in total. The number of amides is 1. The molecular weight excluding hydrogens is 362 g/mol. The molecule has 0 fully saturated rings. The van der Waals surface area contributed by atoms with E-state index in [1.165, 1.54) is 29.4 Å². The van der Waals surface area contributed by atoms with Crippen molar-refractivity contribution in [2.75, 3.05) is 0 Å². The molecule has 0 saturated carbocycles. The van der Waals surface area contributed by atoms with E-state index in [0.717, 1.165) is 21.4 Å². The number of benzene rings is 1. The molecule has 7 heteroatoms. The Hall–Kier alpha value is -2.93. The van der Waals surface area contributed by atoms with Crippen molar-refractivity contribution in [3.63, 3.8) is 0 Å². The Balaban J connectivity index is 1.84. The monoisotopic (exact) mass is 383 g/mol. The van der Waals surface area contributed by atoms with Crippen LogP contribution in [0, 0.1) is 0 Å². The van der Waals surface area contributed by atoms with Gasteiger partial charge in [0.25, 0.3) is 5.56 Å². The molecule has 2 aromatic heterocycles. The highest BCUT2D eigenvalue weighted by atomic mass is 32.1. The highest BCUT2D eigenvalue weighted by molar-refractivity contribution is 7.10. The van der Waals surface area contributed by atoms with Crippen LogP contribution >= 0.6 is 11.3 Å². The lowest BCUT2D eigenvalue weighted by Gasteiger charge is -2.19. The molecule has 3 rings (SSSR count).